The van der Waals surface area contributed by atoms with Crippen LogP contribution in [0.1, 0.15) is 23.1 Å². The number of carbonyl (C=O) groups is 1. The van der Waals surface area contributed by atoms with Crippen molar-refractivity contribution in [3.8, 4) is 17.2 Å². The van der Waals surface area contributed by atoms with Crippen LogP contribution in [-0.2, 0) is 17.6 Å². The molecule has 0 bridgehead atoms. The number of hydrogen-bond acceptors (Lipinski definition) is 6. The zero-order valence-corrected chi connectivity index (χ0v) is 14.9. The molecule has 140 valence electrons. The van der Waals surface area contributed by atoms with Crippen LogP contribution in [-0.4, -0.2) is 12.8 Å². The monoisotopic (exact) mass is 376 g/mol. The molecule has 2 aliphatic rings. The lowest BCUT2D eigenvalue weighted by atomic mass is 10.1. The van der Waals surface area contributed by atoms with E-state index in [0.29, 0.717) is 22.8 Å². The molecule has 28 heavy (non-hydrogen) atoms. The molecule has 6 nitrogen and oxygen atoms in total. The van der Waals surface area contributed by atoms with Crippen LogP contribution in [0.2, 0.25) is 0 Å². The molecule has 0 unspecified atom stereocenters. The van der Waals surface area contributed by atoms with E-state index in [0.717, 1.165) is 41.3 Å². The molecule has 0 saturated heterocycles. The summed E-state index contributed by atoms with van der Waals surface area (Å²) < 4.78 is 21.3. The molecule has 1 aliphatic carbocycles. The highest BCUT2D eigenvalue weighted by atomic mass is 16.7. The number of hydrogen-bond donors (Lipinski definition) is 0. The van der Waals surface area contributed by atoms with Crippen LogP contribution in [0.3, 0.4) is 0 Å². The first-order valence-corrected chi connectivity index (χ1v) is 9.05. The van der Waals surface area contributed by atoms with E-state index in [9.17, 15) is 9.59 Å². The van der Waals surface area contributed by atoms with Gasteiger partial charge in [0, 0.05) is 23.1 Å². The normalized spacial score (nSPS) is 14.6. The van der Waals surface area contributed by atoms with E-state index in [4.69, 9.17) is 18.6 Å². The summed E-state index contributed by atoms with van der Waals surface area (Å²) in [6.45, 7) is 0.200. The largest absolute Gasteiger partial charge is 0.454 e. The van der Waals surface area contributed by atoms with Crippen molar-refractivity contribution in [3.05, 3.63) is 69.6 Å². The summed E-state index contributed by atoms with van der Waals surface area (Å²) in [4.78, 5) is 24.2. The minimum absolute atomic E-state index is 0.200. The topological polar surface area (TPSA) is 75.0 Å². The standard InChI is InChI=1S/C22H16O6/c23-21(9-5-13-4-8-18-20(10-13)26-12-25-18)27-14-6-7-16-15-2-1-3-17(15)22(24)28-19(16)11-14/h4-11H,1-3,12H2. The van der Waals surface area contributed by atoms with Crippen LogP contribution in [0.25, 0.3) is 17.0 Å². The van der Waals surface area contributed by atoms with Gasteiger partial charge in [-0.2, -0.15) is 0 Å². The van der Waals surface area contributed by atoms with E-state index in [1.54, 1.807) is 30.3 Å². The average molecular weight is 376 g/mol. The fourth-order valence-electron chi connectivity index (χ4n) is 3.66. The Labute approximate surface area is 159 Å². The minimum Gasteiger partial charge on any atom is -0.454 e. The number of rotatable bonds is 3. The van der Waals surface area contributed by atoms with Crippen LogP contribution in [0, 0.1) is 0 Å². The Kier molecular flexibility index (Phi) is 3.90. The van der Waals surface area contributed by atoms with Gasteiger partial charge < -0.3 is 18.6 Å². The number of benzene rings is 2. The minimum atomic E-state index is -0.527. The number of carbonyl (C=O) groups excluding carboxylic acids is 1. The molecule has 0 saturated carbocycles. The van der Waals surface area contributed by atoms with Crippen LogP contribution < -0.4 is 19.8 Å². The van der Waals surface area contributed by atoms with E-state index in [2.05, 4.69) is 0 Å². The summed E-state index contributed by atoms with van der Waals surface area (Å²) in [5.41, 5.74) is 2.75. The van der Waals surface area contributed by atoms with Crippen molar-refractivity contribution >= 4 is 23.0 Å². The van der Waals surface area contributed by atoms with Crippen molar-refractivity contribution < 1.29 is 23.4 Å². The summed E-state index contributed by atoms with van der Waals surface area (Å²) in [7, 11) is 0. The quantitative estimate of drug-likeness (QED) is 0.301. The maximum atomic E-state index is 12.2. The Balaban J connectivity index is 1.35. The van der Waals surface area contributed by atoms with Gasteiger partial charge in [0.05, 0.1) is 0 Å². The Morgan fingerprint density at radius 1 is 1.00 bits per heavy atom. The van der Waals surface area contributed by atoms with E-state index in [-0.39, 0.29) is 12.4 Å². The van der Waals surface area contributed by atoms with Gasteiger partial charge >= 0.3 is 11.6 Å². The van der Waals surface area contributed by atoms with Gasteiger partial charge in [-0.1, -0.05) is 6.07 Å². The fraction of sp³-hybridized carbons (Fsp3) is 0.182. The first-order chi connectivity index (χ1) is 13.7. The lowest BCUT2D eigenvalue weighted by Crippen LogP contribution is -2.07. The molecule has 0 radical (unpaired) electrons. The van der Waals surface area contributed by atoms with E-state index >= 15 is 0 Å². The lowest BCUT2D eigenvalue weighted by Gasteiger charge is -2.06. The second-order valence-corrected chi connectivity index (χ2v) is 6.73. The summed E-state index contributed by atoms with van der Waals surface area (Å²) in [6.07, 6.45) is 5.56. The Morgan fingerprint density at radius 2 is 1.86 bits per heavy atom. The Hall–Kier alpha value is -3.54. The molecule has 1 aliphatic heterocycles. The molecule has 1 aromatic heterocycles. The van der Waals surface area contributed by atoms with Gasteiger partial charge in [0.2, 0.25) is 6.79 Å². The molecule has 2 aromatic carbocycles. The molecule has 3 aromatic rings. The summed E-state index contributed by atoms with van der Waals surface area (Å²) >= 11 is 0. The smallest absolute Gasteiger partial charge is 0.339 e. The summed E-state index contributed by atoms with van der Waals surface area (Å²) in [6, 6.07) is 10.5. The number of aryl methyl sites for hydroxylation is 1. The molecular weight excluding hydrogens is 360 g/mol. The van der Waals surface area contributed by atoms with E-state index < -0.39 is 5.97 Å². The second kappa shape index (κ2) is 6.56. The van der Waals surface area contributed by atoms with Crippen LogP contribution in [0.5, 0.6) is 17.2 Å². The molecular formula is C22H16O6. The number of ether oxygens (including phenoxy) is 3. The van der Waals surface area contributed by atoms with Crippen molar-refractivity contribution in [2.24, 2.45) is 0 Å². The molecule has 0 atom stereocenters. The van der Waals surface area contributed by atoms with Gasteiger partial charge in [-0.25, -0.2) is 9.59 Å². The Bertz CT molecular complexity index is 1190. The Morgan fingerprint density at radius 3 is 2.79 bits per heavy atom. The van der Waals surface area contributed by atoms with Crippen molar-refractivity contribution in [1.29, 1.82) is 0 Å². The summed E-state index contributed by atoms with van der Waals surface area (Å²) in [5, 5.41) is 0.905. The van der Waals surface area contributed by atoms with E-state index in [1.165, 1.54) is 6.08 Å². The second-order valence-electron chi connectivity index (χ2n) is 6.73. The third-order valence-corrected chi connectivity index (χ3v) is 4.97. The molecule has 0 N–H and O–H groups in total. The lowest BCUT2D eigenvalue weighted by molar-refractivity contribution is -0.128. The molecule has 0 amide bonds. The fourth-order valence-corrected chi connectivity index (χ4v) is 3.66. The maximum absolute atomic E-state index is 12.2. The van der Waals surface area contributed by atoms with Gasteiger partial charge in [-0.05, 0) is 60.7 Å². The third kappa shape index (κ3) is 2.93. The maximum Gasteiger partial charge on any atom is 0.339 e. The van der Waals surface area contributed by atoms with Crippen LogP contribution >= 0.6 is 0 Å². The third-order valence-electron chi connectivity index (χ3n) is 4.97. The first-order valence-electron chi connectivity index (χ1n) is 9.05. The predicted molar refractivity (Wildman–Crippen MR) is 102 cm³/mol. The first kappa shape index (κ1) is 16.6. The highest BCUT2D eigenvalue weighted by Gasteiger charge is 2.20. The van der Waals surface area contributed by atoms with Gasteiger partial charge in [0.15, 0.2) is 11.5 Å². The summed E-state index contributed by atoms with van der Waals surface area (Å²) in [5.74, 6) is 1.13. The van der Waals surface area contributed by atoms with Crippen LogP contribution in [0.4, 0.5) is 0 Å². The molecule has 2 heterocycles. The molecule has 0 fully saturated rings. The van der Waals surface area contributed by atoms with Crippen LogP contribution in [0.15, 0.2) is 51.7 Å². The number of esters is 1. The highest BCUT2D eigenvalue weighted by molar-refractivity contribution is 5.90. The highest BCUT2D eigenvalue weighted by Crippen LogP contribution is 2.33. The van der Waals surface area contributed by atoms with E-state index in [1.807, 2.05) is 12.1 Å². The molecule has 0 spiro atoms. The van der Waals surface area contributed by atoms with Crippen molar-refractivity contribution in [3.63, 3.8) is 0 Å². The van der Waals surface area contributed by atoms with Gasteiger partial charge in [0.1, 0.15) is 11.3 Å². The van der Waals surface area contributed by atoms with Gasteiger partial charge in [0.25, 0.3) is 0 Å². The van der Waals surface area contributed by atoms with Gasteiger partial charge in [-0.15, -0.1) is 0 Å². The predicted octanol–water partition coefficient (Wildman–Crippen LogP) is 3.63. The van der Waals surface area contributed by atoms with Crippen molar-refractivity contribution in [1.82, 2.24) is 0 Å². The van der Waals surface area contributed by atoms with Gasteiger partial charge in [-0.3, -0.25) is 0 Å². The molecule has 5 rings (SSSR count). The number of fused-ring (bicyclic) bond motifs is 4. The van der Waals surface area contributed by atoms with Crippen molar-refractivity contribution in [2.45, 2.75) is 19.3 Å². The van der Waals surface area contributed by atoms with Crippen molar-refractivity contribution in [2.75, 3.05) is 6.79 Å². The SMILES string of the molecule is O=C(C=Cc1ccc2c(c1)OCO2)Oc1ccc2c3c(c(=O)oc2c1)CCC3. The average Bonchev–Trinajstić information content (AvgIpc) is 3.35. The molecule has 6 heteroatoms. The zero-order valence-electron chi connectivity index (χ0n) is 14.9. The zero-order chi connectivity index (χ0) is 19.1.